The molecule has 1 rings (SSSR count). The van der Waals surface area contributed by atoms with E-state index < -0.39 is 0 Å². The van der Waals surface area contributed by atoms with Crippen molar-refractivity contribution in [3.8, 4) is 0 Å². The second-order valence-electron chi connectivity index (χ2n) is 5.39. The Morgan fingerprint density at radius 2 is 2.06 bits per heavy atom. The van der Waals surface area contributed by atoms with Crippen molar-refractivity contribution in [1.82, 2.24) is 10.2 Å². The molecule has 2 atom stereocenters. The van der Waals surface area contributed by atoms with Crippen LogP contribution in [-0.4, -0.2) is 49.7 Å². The van der Waals surface area contributed by atoms with Gasteiger partial charge in [-0.25, -0.2) is 0 Å². The van der Waals surface area contributed by atoms with E-state index in [9.17, 15) is 4.79 Å². The predicted octanol–water partition coefficient (Wildman–Crippen LogP) is 1.51. The Bertz CT molecular complexity index is 252. The molecule has 1 N–H and O–H groups in total. The van der Waals surface area contributed by atoms with Crippen molar-refractivity contribution in [3.05, 3.63) is 0 Å². The average molecular weight is 256 g/mol. The largest absolute Gasteiger partial charge is 0.378 e. The maximum Gasteiger partial charge on any atom is 0.234 e. The number of hydrogen-bond donors (Lipinski definition) is 1. The molecule has 1 saturated heterocycles. The number of nitrogens with zero attached hydrogens (tertiary/aromatic N) is 1. The molecule has 0 radical (unpaired) electrons. The Morgan fingerprint density at radius 3 is 2.61 bits per heavy atom. The minimum absolute atomic E-state index is 0.133. The van der Waals surface area contributed by atoms with E-state index in [0.29, 0.717) is 24.5 Å². The summed E-state index contributed by atoms with van der Waals surface area (Å²) in [5, 5.41) is 3.05. The van der Waals surface area contributed by atoms with Crippen LogP contribution in [0.15, 0.2) is 0 Å². The third-order valence-electron chi connectivity index (χ3n) is 3.74. The number of rotatable bonds is 7. The fourth-order valence-corrected chi connectivity index (χ4v) is 2.56. The lowest BCUT2D eigenvalue weighted by Crippen LogP contribution is -2.40. The van der Waals surface area contributed by atoms with Crippen LogP contribution < -0.4 is 5.32 Å². The Kier molecular flexibility index (Phi) is 6.65. The summed E-state index contributed by atoms with van der Waals surface area (Å²) >= 11 is 0. The molecule has 0 aromatic carbocycles. The zero-order chi connectivity index (χ0) is 13.5. The van der Waals surface area contributed by atoms with Crippen molar-refractivity contribution in [1.29, 1.82) is 0 Å². The molecular weight excluding hydrogens is 228 g/mol. The minimum Gasteiger partial charge on any atom is -0.378 e. The summed E-state index contributed by atoms with van der Waals surface area (Å²) in [6, 6.07) is 0. The monoisotopic (exact) mass is 256 g/mol. The maximum atomic E-state index is 11.8. The van der Waals surface area contributed by atoms with E-state index in [1.54, 1.807) is 0 Å². The molecule has 0 spiro atoms. The van der Waals surface area contributed by atoms with Gasteiger partial charge in [0.05, 0.1) is 12.6 Å². The van der Waals surface area contributed by atoms with Gasteiger partial charge in [0.15, 0.2) is 0 Å². The van der Waals surface area contributed by atoms with Crippen molar-refractivity contribution in [2.24, 2.45) is 11.8 Å². The molecule has 0 unspecified atom stereocenters. The van der Waals surface area contributed by atoms with Gasteiger partial charge < -0.3 is 10.1 Å². The van der Waals surface area contributed by atoms with Gasteiger partial charge in [0.25, 0.3) is 0 Å². The maximum absolute atomic E-state index is 11.8. The van der Waals surface area contributed by atoms with Crippen molar-refractivity contribution in [3.63, 3.8) is 0 Å². The van der Waals surface area contributed by atoms with E-state index in [1.807, 2.05) is 0 Å². The smallest absolute Gasteiger partial charge is 0.234 e. The fraction of sp³-hybridized carbons (Fsp3) is 0.929. The molecule has 0 aromatic heterocycles. The van der Waals surface area contributed by atoms with Crippen LogP contribution in [-0.2, 0) is 9.53 Å². The van der Waals surface area contributed by atoms with Gasteiger partial charge in [-0.2, -0.15) is 0 Å². The van der Waals surface area contributed by atoms with Crippen LogP contribution in [0, 0.1) is 11.8 Å². The summed E-state index contributed by atoms with van der Waals surface area (Å²) in [6.07, 6.45) is 1.37. The molecule has 1 aliphatic heterocycles. The van der Waals surface area contributed by atoms with Crippen molar-refractivity contribution < 1.29 is 9.53 Å². The van der Waals surface area contributed by atoms with Gasteiger partial charge in [-0.3, -0.25) is 9.69 Å². The highest BCUT2D eigenvalue weighted by Gasteiger charge is 2.30. The number of carbonyl (C=O) groups excluding carboxylic acids is 1. The highest BCUT2D eigenvalue weighted by Crippen LogP contribution is 2.25. The van der Waals surface area contributed by atoms with Crippen LogP contribution in [0.3, 0.4) is 0 Å². The summed E-state index contributed by atoms with van der Waals surface area (Å²) < 4.78 is 5.72. The van der Waals surface area contributed by atoms with Crippen LogP contribution in [0.5, 0.6) is 0 Å². The number of nitrogens with one attached hydrogen (secondary N) is 1. The molecule has 1 amide bonds. The first kappa shape index (κ1) is 15.4. The van der Waals surface area contributed by atoms with E-state index >= 15 is 0 Å². The normalized spacial score (nSPS) is 23.9. The van der Waals surface area contributed by atoms with E-state index in [-0.39, 0.29) is 5.91 Å². The summed E-state index contributed by atoms with van der Waals surface area (Å²) in [5.41, 5.74) is 0. The van der Waals surface area contributed by atoms with Crippen LogP contribution in [0.25, 0.3) is 0 Å². The van der Waals surface area contributed by atoms with Crippen molar-refractivity contribution >= 4 is 5.91 Å². The Labute approximate surface area is 111 Å². The average Bonchev–Trinajstić information content (AvgIpc) is 2.81. The molecule has 4 nitrogen and oxygen atoms in total. The van der Waals surface area contributed by atoms with Gasteiger partial charge in [-0.15, -0.1) is 0 Å². The lowest BCUT2D eigenvalue weighted by atomic mass is 9.93. The Balaban J connectivity index is 2.29. The predicted molar refractivity (Wildman–Crippen MR) is 73.5 cm³/mol. The van der Waals surface area contributed by atoms with E-state index in [0.717, 1.165) is 32.7 Å². The molecule has 0 aromatic rings. The van der Waals surface area contributed by atoms with Crippen LogP contribution in [0.4, 0.5) is 0 Å². The van der Waals surface area contributed by atoms with Gasteiger partial charge in [0.1, 0.15) is 0 Å². The topological polar surface area (TPSA) is 41.6 Å². The SMILES string of the molecule is CCN(CC)CC(=O)NC[C@H]1CCO[C@@H]1C(C)C. The van der Waals surface area contributed by atoms with Gasteiger partial charge >= 0.3 is 0 Å². The lowest BCUT2D eigenvalue weighted by Gasteiger charge is -2.23. The van der Waals surface area contributed by atoms with Gasteiger partial charge in [-0.1, -0.05) is 27.7 Å². The van der Waals surface area contributed by atoms with E-state index in [2.05, 4.69) is 37.9 Å². The molecule has 1 aliphatic rings. The van der Waals surface area contributed by atoms with Crippen molar-refractivity contribution in [2.45, 2.75) is 40.2 Å². The molecule has 1 heterocycles. The zero-order valence-corrected chi connectivity index (χ0v) is 12.2. The third kappa shape index (κ3) is 4.58. The summed E-state index contributed by atoms with van der Waals surface area (Å²) in [4.78, 5) is 13.9. The van der Waals surface area contributed by atoms with Gasteiger partial charge in [0.2, 0.25) is 5.91 Å². The first-order valence-electron chi connectivity index (χ1n) is 7.19. The van der Waals surface area contributed by atoms with Crippen LogP contribution in [0.2, 0.25) is 0 Å². The second-order valence-corrected chi connectivity index (χ2v) is 5.39. The first-order valence-corrected chi connectivity index (χ1v) is 7.19. The molecule has 4 heteroatoms. The van der Waals surface area contributed by atoms with Gasteiger partial charge in [0, 0.05) is 19.1 Å². The molecular formula is C14H28N2O2. The minimum atomic E-state index is 0.133. The quantitative estimate of drug-likeness (QED) is 0.750. The number of ether oxygens (including phenoxy) is 1. The standard InChI is InChI=1S/C14H28N2O2/c1-5-16(6-2)10-13(17)15-9-12-7-8-18-14(12)11(3)4/h11-12,14H,5-10H2,1-4H3,(H,15,17)/t12-,14-/m1/s1. The number of hydrogen-bond acceptors (Lipinski definition) is 3. The van der Waals surface area contributed by atoms with Crippen molar-refractivity contribution in [2.75, 3.05) is 32.8 Å². The molecule has 0 aliphatic carbocycles. The molecule has 106 valence electrons. The van der Waals surface area contributed by atoms with Gasteiger partial charge in [-0.05, 0) is 25.4 Å². The molecule has 18 heavy (non-hydrogen) atoms. The zero-order valence-electron chi connectivity index (χ0n) is 12.2. The summed E-state index contributed by atoms with van der Waals surface area (Å²) in [6.45, 7) is 12.5. The number of amides is 1. The molecule has 0 saturated carbocycles. The number of carbonyl (C=O) groups is 1. The number of likely N-dealkylation sites (N-methyl/N-ethyl adjacent to an activating group) is 1. The third-order valence-corrected chi connectivity index (χ3v) is 3.74. The summed E-state index contributed by atoms with van der Waals surface area (Å²) in [7, 11) is 0. The Hall–Kier alpha value is -0.610. The van der Waals surface area contributed by atoms with Crippen LogP contribution in [0.1, 0.15) is 34.1 Å². The lowest BCUT2D eigenvalue weighted by molar-refractivity contribution is -0.122. The highest BCUT2D eigenvalue weighted by atomic mass is 16.5. The highest BCUT2D eigenvalue weighted by molar-refractivity contribution is 5.78. The van der Waals surface area contributed by atoms with Crippen LogP contribution >= 0.6 is 0 Å². The molecule has 1 fully saturated rings. The molecule has 0 bridgehead atoms. The van der Waals surface area contributed by atoms with E-state index in [1.165, 1.54) is 0 Å². The second kappa shape index (κ2) is 7.74. The summed E-state index contributed by atoms with van der Waals surface area (Å²) in [5.74, 6) is 1.14. The fourth-order valence-electron chi connectivity index (χ4n) is 2.56. The van der Waals surface area contributed by atoms with E-state index in [4.69, 9.17) is 4.74 Å². The first-order chi connectivity index (χ1) is 8.58. The Morgan fingerprint density at radius 1 is 1.39 bits per heavy atom.